The number of benzene rings is 2. The molecule has 0 aliphatic rings. The topological polar surface area (TPSA) is 25.8 Å². The number of rotatable bonds is 8. The van der Waals surface area contributed by atoms with Crippen LogP contribution >= 0.6 is 15.8 Å². The summed E-state index contributed by atoms with van der Waals surface area (Å²) in [6.07, 6.45) is 7.29. The third kappa shape index (κ3) is 5.36. The lowest BCUT2D eigenvalue weighted by atomic mass is 10.4. The third-order valence-corrected chi connectivity index (χ3v) is 9.76. The molecular formula is C25H24N2P2. The molecule has 2 atom stereocenters. The number of nitrogens with zero attached hydrogens (tertiary/aromatic N) is 2. The second-order valence-electron chi connectivity index (χ2n) is 6.70. The molecular weight excluding hydrogens is 390 g/mol. The van der Waals surface area contributed by atoms with Gasteiger partial charge in [0.25, 0.3) is 0 Å². The highest BCUT2D eigenvalue weighted by atomic mass is 31.1. The fourth-order valence-corrected chi connectivity index (χ4v) is 8.09. The van der Waals surface area contributed by atoms with Crippen LogP contribution in [0.1, 0.15) is 6.42 Å². The molecule has 2 heterocycles. The van der Waals surface area contributed by atoms with Crippen LogP contribution in [0.4, 0.5) is 0 Å². The smallest absolute Gasteiger partial charge is 0.0675 e. The van der Waals surface area contributed by atoms with Crippen LogP contribution in [0, 0.1) is 0 Å². The van der Waals surface area contributed by atoms with Gasteiger partial charge in [-0.3, -0.25) is 9.97 Å². The minimum absolute atomic E-state index is 0.440. The van der Waals surface area contributed by atoms with Crippen LogP contribution in [0.15, 0.2) is 109 Å². The molecule has 0 radical (unpaired) electrons. The fraction of sp³-hybridized carbons (Fsp3) is 0.120. The molecule has 0 N–H and O–H groups in total. The molecule has 144 valence electrons. The zero-order valence-corrected chi connectivity index (χ0v) is 18.1. The molecule has 0 bridgehead atoms. The Morgan fingerprint density at radius 2 is 0.897 bits per heavy atom. The number of aromatic nitrogens is 2. The van der Waals surface area contributed by atoms with E-state index in [4.69, 9.17) is 9.97 Å². The minimum Gasteiger partial charge on any atom is -0.256 e. The molecule has 4 aromatic rings. The van der Waals surface area contributed by atoms with E-state index in [0.717, 1.165) is 18.7 Å². The highest BCUT2D eigenvalue weighted by molar-refractivity contribution is 7.73. The van der Waals surface area contributed by atoms with Crippen LogP contribution in [0.3, 0.4) is 0 Å². The zero-order valence-electron chi connectivity index (χ0n) is 16.3. The van der Waals surface area contributed by atoms with Gasteiger partial charge in [0.05, 0.1) is 10.9 Å². The standard InChI is InChI=1S/C25H24N2P2/c1-3-12-22(13-4-1)28(24-16-7-9-18-26-24)20-11-21-29(23-14-5-2-6-15-23)25-17-8-10-19-27-25/h1-10,12-19H,11,20-21H2. The van der Waals surface area contributed by atoms with Crippen molar-refractivity contribution in [3.63, 3.8) is 0 Å². The summed E-state index contributed by atoms with van der Waals surface area (Å²) in [5.41, 5.74) is 2.44. The third-order valence-electron chi connectivity index (χ3n) is 4.75. The van der Waals surface area contributed by atoms with Crippen molar-refractivity contribution in [2.24, 2.45) is 0 Å². The highest BCUT2D eigenvalue weighted by Gasteiger charge is 2.18. The van der Waals surface area contributed by atoms with Crippen LogP contribution in [0.2, 0.25) is 0 Å². The van der Waals surface area contributed by atoms with Gasteiger partial charge in [0.2, 0.25) is 0 Å². The van der Waals surface area contributed by atoms with Crippen molar-refractivity contribution in [3.8, 4) is 0 Å². The Balaban J connectivity index is 1.53. The Hall–Kier alpha value is -2.40. The van der Waals surface area contributed by atoms with E-state index in [1.54, 1.807) is 0 Å². The predicted octanol–water partition coefficient (Wildman–Crippen LogP) is 4.43. The molecule has 2 aromatic carbocycles. The van der Waals surface area contributed by atoms with E-state index < -0.39 is 15.8 Å². The Morgan fingerprint density at radius 3 is 1.28 bits per heavy atom. The number of hydrogen-bond acceptors (Lipinski definition) is 2. The van der Waals surface area contributed by atoms with Gasteiger partial charge >= 0.3 is 0 Å². The van der Waals surface area contributed by atoms with E-state index in [0.29, 0.717) is 0 Å². The van der Waals surface area contributed by atoms with Crippen molar-refractivity contribution in [3.05, 3.63) is 109 Å². The summed E-state index contributed by atoms with van der Waals surface area (Å²) in [6, 6.07) is 34.3. The zero-order chi connectivity index (χ0) is 19.7. The largest absolute Gasteiger partial charge is 0.256 e. The van der Waals surface area contributed by atoms with Crippen LogP contribution in [-0.4, -0.2) is 22.3 Å². The van der Waals surface area contributed by atoms with Gasteiger partial charge in [-0.25, -0.2) is 0 Å². The molecule has 0 saturated heterocycles. The molecule has 0 aliphatic carbocycles. The second-order valence-corrected chi connectivity index (χ2v) is 11.3. The van der Waals surface area contributed by atoms with Crippen molar-refractivity contribution in [2.45, 2.75) is 6.42 Å². The summed E-state index contributed by atoms with van der Waals surface area (Å²) < 4.78 is 0. The van der Waals surface area contributed by atoms with E-state index in [-0.39, 0.29) is 0 Å². The van der Waals surface area contributed by atoms with Gasteiger partial charge in [0.1, 0.15) is 0 Å². The maximum Gasteiger partial charge on any atom is 0.0675 e. The van der Waals surface area contributed by atoms with Crippen molar-refractivity contribution >= 4 is 37.3 Å². The quantitative estimate of drug-likeness (QED) is 0.399. The van der Waals surface area contributed by atoms with Crippen LogP contribution in [0.25, 0.3) is 0 Å². The fourth-order valence-electron chi connectivity index (χ4n) is 3.38. The molecule has 0 saturated carbocycles. The van der Waals surface area contributed by atoms with Gasteiger partial charge in [-0.2, -0.15) is 0 Å². The molecule has 2 aromatic heterocycles. The van der Waals surface area contributed by atoms with Gasteiger partial charge in [-0.15, -0.1) is 0 Å². The van der Waals surface area contributed by atoms with Gasteiger partial charge < -0.3 is 0 Å². The normalized spacial score (nSPS) is 13.0. The Morgan fingerprint density at radius 1 is 0.483 bits per heavy atom. The monoisotopic (exact) mass is 414 g/mol. The minimum atomic E-state index is -0.440. The SMILES string of the molecule is c1ccc(P(CCCP(c2ccccc2)c2ccccn2)c2ccccn2)cc1. The van der Waals surface area contributed by atoms with Crippen molar-refractivity contribution in [2.75, 3.05) is 12.3 Å². The molecule has 0 amide bonds. The Labute approximate surface area is 175 Å². The number of pyridine rings is 2. The molecule has 29 heavy (non-hydrogen) atoms. The van der Waals surface area contributed by atoms with E-state index in [9.17, 15) is 0 Å². The molecule has 2 unspecified atom stereocenters. The van der Waals surface area contributed by atoms with E-state index in [2.05, 4.69) is 84.9 Å². The van der Waals surface area contributed by atoms with E-state index in [1.165, 1.54) is 21.5 Å². The molecule has 2 nitrogen and oxygen atoms in total. The second kappa shape index (κ2) is 10.4. The molecule has 0 fully saturated rings. The van der Waals surface area contributed by atoms with Crippen LogP contribution in [-0.2, 0) is 0 Å². The summed E-state index contributed by atoms with van der Waals surface area (Å²) >= 11 is 0. The summed E-state index contributed by atoms with van der Waals surface area (Å²) in [5, 5.41) is 2.81. The molecule has 0 aliphatic heterocycles. The lowest BCUT2D eigenvalue weighted by Crippen LogP contribution is -2.19. The predicted molar refractivity (Wildman–Crippen MR) is 128 cm³/mol. The van der Waals surface area contributed by atoms with E-state index in [1.807, 2.05) is 24.5 Å². The van der Waals surface area contributed by atoms with E-state index >= 15 is 0 Å². The summed E-state index contributed by atoms with van der Waals surface area (Å²) in [4.78, 5) is 9.38. The van der Waals surface area contributed by atoms with Crippen molar-refractivity contribution in [1.29, 1.82) is 0 Å². The Bertz CT molecular complexity index is 818. The number of hydrogen-bond donors (Lipinski definition) is 0. The summed E-state index contributed by atoms with van der Waals surface area (Å²) in [6.45, 7) is 0. The first-order chi connectivity index (χ1) is 14.4. The van der Waals surface area contributed by atoms with Crippen LogP contribution in [0.5, 0.6) is 0 Å². The first kappa shape index (κ1) is 19.9. The lowest BCUT2D eigenvalue weighted by Gasteiger charge is -2.21. The van der Waals surface area contributed by atoms with Gasteiger partial charge in [-0.1, -0.05) is 72.8 Å². The summed E-state index contributed by atoms with van der Waals surface area (Å²) in [5.74, 6) is 0. The lowest BCUT2D eigenvalue weighted by molar-refractivity contribution is 1.11. The average Bonchev–Trinajstić information content (AvgIpc) is 2.81. The van der Waals surface area contributed by atoms with Gasteiger partial charge in [0.15, 0.2) is 0 Å². The van der Waals surface area contributed by atoms with Gasteiger partial charge in [0, 0.05) is 12.4 Å². The maximum atomic E-state index is 4.69. The summed E-state index contributed by atoms with van der Waals surface area (Å²) in [7, 11) is -0.881. The molecule has 4 heteroatoms. The van der Waals surface area contributed by atoms with Crippen molar-refractivity contribution in [1.82, 2.24) is 9.97 Å². The van der Waals surface area contributed by atoms with Crippen LogP contribution < -0.4 is 21.5 Å². The first-order valence-electron chi connectivity index (χ1n) is 9.89. The maximum absolute atomic E-state index is 4.69. The average molecular weight is 414 g/mol. The molecule has 4 rings (SSSR count). The Kier molecular flexibility index (Phi) is 7.13. The highest BCUT2D eigenvalue weighted by Crippen LogP contribution is 2.38. The van der Waals surface area contributed by atoms with Gasteiger partial charge in [-0.05, 0) is 69.5 Å². The molecule has 0 spiro atoms. The first-order valence-corrected chi connectivity index (χ1v) is 12.9. The van der Waals surface area contributed by atoms with Crippen molar-refractivity contribution < 1.29 is 0 Å².